The van der Waals surface area contributed by atoms with E-state index in [1.807, 2.05) is 13.8 Å². The summed E-state index contributed by atoms with van der Waals surface area (Å²) in [7, 11) is 1.64. The van der Waals surface area contributed by atoms with Gasteiger partial charge < -0.3 is 10.5 Å². The molecule has 2 unspecified atom stereocenters. The van der Waals surface area contributed by atoms with E-state index in [2.05, 4.69) is 0 Å². The summed E-state index contributed by atoms with van der Waals surface area (Å²) in [5.74, 6) is -0.299. The van der Waals surface area contributed by atoms with E-state index < -0.39 is 5.60 Å². The molecule has 1 aromatic rings. The molecule has 0 radical (unpaired) electrons. The van der Waals surface area contributed by atoms with Gasteiger partial charge in [0.05, 0.1) is 5.60 Å². The number of hydrogen-bond acceptors (Lipinski definition) is 2. The molecule has 0 aliphatic carbocycles. The average molecular weight is 260 g/mol. The third kappa shape index (κ3) is 3.41. The Morgan fingerprint density at radius 3 is 2.71 bits per heavy atom. The van der Waals surface area contributed by atoms with Gasteiger partial charge in [0.1, 0.15) is 5.82 Å². The van der Waals surface area contributed by atoms with E-state index >= 15 is 0 Å². The molecular weight excluding hydrogens is 241 g/mol. The quantitative estimate of drug-likeness (QED) is 0.882. The smallest absolute Gasteiger partial charge is 0.123 e. The lowest BCUT2D eigenvalue weighted by atomic mass is 9.89. The number of benzene rings is 1. The van der Waals surface area contributed by atoms with E-state index in [4.69, 9.17) is 22.1 Å². The Morgan fingerprint density at radius 2 is 2.18 bits per heavy atom. The molecule has 2 nitrogen and oxygen atoms in total. The monoisotopic (exact) mass is 259 g/mol. The van der Waals surface area contributed by atoms with Crippen LogP contribution >= 0.6 is 11.6 Å². The molecule has 0 aliphatic rings. The van der Waals surface area contributed by atoms with Crippen LogP contribution in [-0.2, 0) is 11.2 Å². The number of ether oxygens (including phenoxy) is 1. The van der Waals surface area contributed by atoms with Gasteiger partial charge in [-0.25, -0.2) is 4.39 Å². The molecule has 1 rings (SSSR count). The Hall–Kier alpha value is -0.640. The molecule has 0 saturated heterocycles. The SMILES string of the molecule is CCC(C)(OC)C(N)Cc1cc(F)ccc1Cl. The summed E-state index contributed by atoms with van der Waals surface area (Å²) in [5.41, 5.74) is 6.42. The van der Waals surface area contributed by atoms with Crippen LogP contribution in [0.5, 0.6) is 0 Å². The van der Waals surface area contributed by atoms with Crippen LogP contribution in [0, 0.1) is 5.82 Å². The molecule has 0 fully saturated rings. The van der Waals surface area contributed by atoms with Crippen molar-refractivity contribution < 1.29 is 9.13 Å². The van der Waals surface area contributed by atoms with E-state index in [0.717, 1.165) is 12.0 Å². The molecule has 0 aliphatic heterocycles. The summed E-state index contributed by atoms with van der Waals surface area (Å²) in [6.45, 7) is 3.96. The lowest BCUT2D eigenvalue weighted by molar-refractivity contribution is -0.0184. The number of hydrogen-bond donors (Lipinski definition) is 1. The number of methoxy groups -OCH3 is 1. The van der Waals surface area contributed by atoms with Crippen molar-refractivity contribution >= 4 is 11.6 Å². The maximum absolute atomic E-state index is 13.1. The van der Waals surface area contributed by atoms with Crippen molar-refractivity contribution in [3.63, 3.8) is 0 Å². The number of nitrogens with two attached hydrogens (primary N) is 1. The second kappa shape index (κ2) is 5.80. The van der Waals surface area contributed by atoms with E-state index in [9.17, 15) is 4.39 Å². The predicted octanol–water partition coefficient (Wildman–Crippen LogP) is 3.16. The molecule has 0 aromatic heterocycles. The third-order valence-corrected chi connectivity index (χ3v) is 3.77. The fourth-order valence-corrected chi connectivity index (χ4v) is 1.91. The van der Waals surface area contributed by atoms with E-state index in [-0.39, 0.29) is 11.9 Å². The highest BCUT2D eigenvalue weighted by molar-refractivity contribution is 6.31. The van der Waals surface area contributed by atoms with Crippen LogP contribution in [0.3, 0.4) is 0 Å². The van der Waals surface area contributed by atoms with E-state index in [1.54, 1.807) is 13.2 Å². The fraction of sp³-hybridized carbons (Fsp3) is 0.538. The zero-order valence-electron chi connectivity index (χ0n) is 10.5. The Balaban J connectivity index is 2.87. The molecule has 17 heavy (non-hydrogen) atoms. The van der Waals surface area contributed by atoms with Crippen molar-refractivity contribution in [1.29, 1.82) is 0 Å². The van der Waals surface area contributed by atoms with Crippen molar-refractivity contribution in [2.45, 2.75) is 38.3 Å². The summed E-state index contributed by atoms with van der Waals surface area (Å²) in [5, 5.41) is 0.538. The minimum absolute atomic E-state index is 0.225. The van der Waals surface area contributed by atoms with Crippen LogP contribution in [-0.4, -0.2) is 18.8 Å². The molecule has 0 spiro atoms. The van der Waals surface area contributed by atoms with Gasteiger partial charge in [-0.2, -0.15) is 0 Å². The molecule has 2 atom stereocenters. The third-order valence-electron chi connectivity index (χ3n) is 3.40. The highest BCUT2D eigenvalue weighted by Crippen LogP contribution is 2.24. The van der Waals surface area contributed by atoms with E-state index in [1.165, 1.54) is 12.1 Å². The lowest BCUT2D eigenvalue weighted by Gasteiger charge is -2.33. The van der Waals surface area contributed by atoms with Gasteiger partial charge in [-0.1, -0.05) is 18.5 Å². The molecule has 0 amide bonds. The summed E-state index contributed by atoms with van der Waals surface area (Å²) in [6, 6.07) is 4.09. The van der Waals surface area contributed by atoms with Crippen LogP contribution in [0.4, 0.5) is 4.39 Å². The first kappa shape index (κ1) is 14.4. The van der Waals surface area contributed by atoms with Gasteiger partial charge in [-0.3, -0.25) is 0 Å². The maximum Gasteiger partial charge on any atom is 0.123 e. The molecule has 96 valence electrons. The van der Waals surface area contributed by atoms with Gasteiger partial charge in [-0.15, -0.1) is 0 Å². The van der Waals surface area contributed by atoms with Crippen molar-refractivity contribution in [1.82, 2.24) is 0 Å². The Labute approximate surface area is 107 Å². The normalized spacial score (nSPS) is 16.6. The van der Waals surface area contributed by atoms with Crippen molar-refractivity contribution in [2.24, 2.45) is 5.73 Å². The van der Waals surface area contributed by atoms with Gasteiger partial charge in [0, 0.05) is 18.2 Å². The van der Waals surface area contributed by atoms with Crippen LogP contribution in [0.25, 0.3) is 0 Å². The first-order chi connectivity index (χ1) is 7.92. The Morgan fingerprint density at radius 1 is 1.53 bits per heavy atom. The second-order valence-corrected chi connectivity index (χ2v) is 4.82. The van der Waals surface area contributed by atoms with Crippen molar-refractivity contribution in [2.75, 3.05) is 7.11 Å². The molecule has 0 bridgehead atoms. The molecule has 2 N–H and O–H groups in total. The second-order valence-electron chi connectivity index (χ2n) is 4.42. The minimum atomic E-state index is -0.421. The lowest BCUT2D eigenvalue weighted by Crippen LogP contribution is -2.48. The predicted molar refractivity (Wildman–Crippen MR) is 68.8 cm³/mol. The van der Waals surface area contributed by atoms with Gasteiger partial charge >= 0.3 is 0 Å². The Kier molecular flexibility index (Phi) is 4.92. The van der Waals surface area contributed by atoms with E-state index in [0.29, 0.717) is 11.4 Å². The highest BCUT2D eigenvalue weighted by atomic mass is 35.5. The zero-order valence-corrected chi connectivity index (χ0v) is 11.2. The standard InChI is InChI=1S/C13H19ClFNO/c1-4-13(2,17-3)12(16)8-9-7-10(15)5-6-11(9)14/h5-7,12H,4,8,16H2,1-3H3. The van der Waals surface area contributed by atoms with Gasteiger partial charge in [-0.05, 0) is 43.5 Å². The maximum atomic E-state index is 13.1. The fourth-order valence-electron chi connectivity index (χ4n) is 1.71. The van der Waals surface area contributed by atoms with Gasteiger partial charge in [0.25, 0.3) is 0 Å². The van der Waals surface area contributed by atoms with Crippen LogP contribution in [0.15, 0.2) is 18.2 Å². The first-order valence-electron chi connectivity index (χ1n) is 5.67. The molecule has 0 saturated carbocycles. The highest BCUT2D eigenvalue weighted by Gasteiger charge is 2.30. The number of halogens is 2. The topological polar surface area (TPSA) is 35.2 Å². The summed E-state index contributed by atoms with van der Waals surface area (Å²) in [4.78, 5) is 0. The Bertz CT molecular complexity index is 380. The molecular formula is C13H19ClFNO. The van der Waals surface area contributed by atoms with Gasteiger partial charge in [0.15, 0.2) is 0 Å². The largest absolute Gasteiger partial charge is 0.377 e. The molecule has 4 heteroatoms. The number of rotatable bonds is 5. The first-order valence-corrected chi connectivity index (χ1v) is 6.05. The van der Waals surface area contributed by atoms with Crippen molar-refractivity contribution in [3.05, 3.63) is 34.6 Å². The minimum Gasteiger partial charge on any atom is -0.377 e. The van der Waals surface area contributed by atoms with Crippen molar-refractivity contribution in [3.8, 4) is 0 Å². The van der Waals surface area contributed by atoms with Crippen LogP contribution in [0.1, 0.15) is 25.8 Å². The summed E-state index contributed by atoms with van der Waals surface area (Å²) in [6.07, 6.45) is 1.28. The van der Waals surface area contributed by atoms with Crippen LogP contribution in [0.2, 0.25) is 5.02 Å². The van der Waals surface area contributed by atoms with Crippen LogP contribution < -0.4 is 5.73 Å². The zero-order chi connectivity index (χ0) is 13.1. The van der Waals surface area contributed by atoms with Gasteiger partial charge in [0.2, 0.25) is 0 Å². The summed E-state index contributed by atoms with van der Waals surface area (Å²) < 4.78 is 18.6. The summed E-state index contributed by atoms with van der Waals surface area (Å²) >= 11 is 6.01. The molecule has 1 aromatic carbocycles. The molecule has 0 heterocycles. The average Bonchev–Trinajstić information content (AvgIpc) is 2.32.